The fourth-order valence-corrected chi connectivity index (χ4v) is 2.64. The largest absolute Gasteiger partial charge is 0.454 e. The highest BCUT2D eigenvalue weighted by atomic mass is 16.7. The van der Waals surface area contributed by atoms with Crippen LogP contribution in [-0.2, 0) is 6.42 Å². The molecule has 1 unspecified atom stereocenters. The first-order chi connectivity index (χ1) is 8.75. The summed E-state index contributed by atoms with van der Waals surface area (Å²) in [6, 6.07) is 6.01. The quantitative estimate of drug-likeness (QED) is 0.851. The fraction of sp³-hybridized carbons (Fsp3) is 0.571. The first-order valence-corrected chi connectivity index (χ1v) is 6.57. The van der Waals surface area contributed by atoms with E-state index in [0.717, 1.165) is 43.7 Å². The summed E-state index contributed by atoms with van der Waals surface area (Å²) < 4.78 is 10.6. The summed E-state index contributed by atoms with van der Waals surface area (Å²) in [5.74, 6) is 1.64. The molecule has 1 saturated heterocycles. The molecule has 0 saturated carbocycles. The van der Waals surface area contributed by atoms with Gasteiger partial charge in [-0.2, -0.15) is 0 Å². The molecule has 0 aliphatic carbocycles. The molecule has 0 amide bonds. The molecule has 1 atom stereocenters. The number of β-amino-alcohol motifs (C(OH)–C–C–N with tert-alkyl or cyclic N) is 1. The van der Waals surface area contributed by atoms with Crippen LogP contribution in [0.3, 0.4) is 0 Å². The van der Waals surface area contributed by atoms with Gasteiger partial charge in [-0.25, -0.2) is 0 Å². The molecule has 2 N–H and O–H groups in total. The van der Waals surface area contributed by atoms with E-state index in [4.69, 9.17) is 9.47 Å². The normalized spacial score (nSPS) is 26.3. The number of piperidine rings is 1. The van der Waals surface area contributed by atoms with E-state index in [1.165, 1.54) is 5.56 Å². The van der Waals surface area contributed by atoms with E-state index in [-0.39, 0.29) is 0 Å². The van der Waals surface area contributed by atoms with Crippen LogP contribution in [0.5, 0.6) is 11.5 Å². The molecule has 1 fully saturated rings. The van der Waals surface area contributed by atoms with Crippen LogP contribution in [0.2, 0.25) is 0 Å². The van der Waals surface area contributed by atoms with E-state index in [1.54, 1.807) is 0 Å². The van der Waals surface area contributed by atoms with E-state index in [0.29, 0.717) is 13.3 Å². The molecule has 0 bridgehead atoms. The SMILES string of the molecule is OC1(CCc2ccc3c(c2)OCO3)CCCNC1. The van der Waals surface area contributed by atoms with Gasteiger partial charge in [-0.15, -0.1) is 0 Å². The third-order valence-corrected chi connectivity index (χ3v) is 3.77. The minimum absolute atomic E-state index is 0.312. The van der Waals surface area contributed by atoms with Gasteiger partial charge in [0.15, 0.2) is 11.5 Å². The molecule has 4 heteroatoms. The number of nitrogens with one attached hydrogen (secondary N) is 1. The van der Waals surface area contributed by atoms with Gasteiger partial charge in [0.2, 0.25) is 6.79 Å². The van der Waals surface area contributed by atoms with Crippen molar-refractivity contribution in [3.8, 4) is 11.5 Å². The Hall–Kier alpha value is -1.26. The molecule has 3 rings (SSSR count). The maximum absolute atomic E-state index is 10.4. The molecule has 0 aromatic heterocycles. The van der Waals surface area contributed by atoms with Crippen LogP contribution < -0.4 is 14.8 Å². The molecule has 2 heterocycles. The van der Waals surface area contributed by atoms with Crippen LogP contribution in [0, 0.1) is 0 Å². The van der Waals surface area contributed by atoms with Crippen molar-refractivity contribution in [1.82, 2.24) is 5.32 Å². The van der Waals surface area contributed by atoms with E-state index in [9.17, 15) is 5.11 Å². The number of aryl methyl sites for hydroxylation is 1. The highest BCUT2D eigenvalue weighted by Crippen LogP contribution is 2.33. The standard InChI is InChI=1S/C14H19NO3/c16-14(5-1-7-15-9-14)6-4-11-2-3-12-13(8-11)18-10-17-12/h2-3,8,15-16H,1,4-7,9-10H2. The van der Waals surface area contributed by atoms with Crippen LogP contribution in [-0.4, -0.2) is 30.6 Å². The first kappa shape index (κ1) is 11.8. The number of hydrogen-bond acceptors (Lipinski definition) is 4. The van der Waals surface area contributed by atoms with Gasteiger partial charge in [-0.1, -0.05) is 6.07 Å². The summed E-state index contributed by atoms with van der Waals surface area (Å²) in [7, 11) is 0. The Bertz CT molecular complexity index is 427. The minimum Gasteiger partial charge on any atom is -0.454 e. The van der Waals surface area contributed by atoms with Crippen LogP contribution in [0.15, 0.2) is 18.2 Å². The topological polar surface area (TPSA) is 50.7 Å². The van der Waals surface area contributed by atoms with Crippen molar-refractivity contribution in [1.29, 1.82) is 0 Å². The number of hydrogen-bond donors (Lipinski definition) is 2. The summed E-state index contributed by atoms with van der Waals surface area (Å²) in [5.41, 5.74) is 0.646. The number of rotatable bonds is 3. The monoisotopic (exact) mass is 249 g/mol. The number of ether oxygens (including phenoxy) is 2. The first-order valence-electron chi connectivity index (χ1n) is 6.57. The van der Waals surface area contributed by atoms with Gasteiger partial charge in [0.25, 0.3) is 0 Å². The Morgan fingerprint density at radius 3 is 3.00 bits per heavy atom. The average molecular weight is 249 g/mol. The third kappa shape index (κ3) is 2.44. The predicted molar refractivity (Wildman–Crippen MR) is 67.9 cm³/mol. The molecule has 98 valence electrons. The van der Waals surface area contributed by atoms with Gasteiger partial charge in [0.05, 0.1) is 5.60 Å². The highest BCUT2D eigenvalue weighted by Gasteiger charge is 2.28. The van der Waals surface area contributed by atoms with Gasteiger partial charge in [-0.05, 0) is 49.9 Å². The summed E-state index contributed by atoms with van der Waals surface area (Å²) in [4.78, 5) is 0. The van der Waals surface area contributed by atoms with Crippen LogP contribution in [0.1, 0.15) is 24.8 Å². The Labute approximate surface area is 107 Å². The van der Waals surface area contributed by atoms with Gasteiger partial charge in [0, 0.05) is 6.54 Å². The van der Waals surface area contributed by atoms with Crippen molar-refractivity contribution in [3.05, 3.63) is 23.8 Å². The lowest BCUT2D eigenvalue weighted by molar-refractivity contribution is 0.00887. The number of aliphatic hydroxyl groups is 1. The van der Waals surface area contributed by atoms with E-state index in [2.05, 4.69) is 5.32 Å². The van der Waals surface area contributed by atoms with Gasteiger partial charge < -0.3 is 19.9 Å². The molecule has 18 heavy (non-hydrogen) atoms. The zero-order chi connectivity index (χ0) is 12.4. The molecule has 2 aliphatic rings. The van der Waals surface area contributed by atoms with Gasteiger partial charge >= 0.3 is 0 Å². The molecule has 1 aromatic rings. The van der Waals surface area contributed by atoms with Crippen LogP contribution in [0.25, 0.3) is 0 Å². The van der Waals surface area contributed by atoms with Crippen molar-refractivity contribution in [2.45, 2.75) is 31.3 Å². The summed E-state index contributed by atoms with van der Waals surface area (Å²) in [5, 5.41) is 13.7. The summed E-state index contributed by atoms with van der Waals surface area (Å²) in [6.07, 6.45) is 3.61. The van der Waals surface area contributed by atoms with E-state index in [1.807, 2.05) is 18.2 Å². The predicted octanol–water partition coefficient (Wildman–Crippen LogP) is 1.46. The fourth-order valence-electron chi connectivity index (χ4n) is 2.64. The summed E-state index contributed by atoms with van der Waals surface area (Å²) >= 11 is 0. The third-order valence-electron chi connectivity index (χ3n) is 3.77. The van der Waals surface area contributed by atoms with Crippen LogP contribution in [0.4, 0.5) is 0 Å². The Balaban J connectivity index is 1.62. The van der Waals surface area contributed by atoms with Gasteiger partial charge in [-0.3, -0.25) is 0 Å². The van der Waals surface area contributed by atoms with Crippen molar-refractivity contribution in [3.63, 3.8) is 0 Å². The second kappa shape index (κ2) is 4.78. The highest BCUT2D eigenvalue weighted by molar-refractivity contribution is 5.44. The van der Waals surface area contributed by atoms with Crippen molar-refractivity contribution in [2.24, 2.45) is 0 Å². The zero-order valence-electron chi connectivity index (χ0n) is 10.4. The number of benzene rings is 1. The lowest BCUT2D eigenvalue weighted by Gasteiger charge is -2.32. The summed E-state index contributed by atoms with van der Waals surface area (Å²) in [6.45, 7) is 2.04. The van der Waals surface area contributed by atoms with Gasteiger partial charge in [0.1, 0.15) is 0 Å². The molecule has 4 nitrogen and oxygen atoms in total. The average Bonchev–Trinajstić information content (AvgIpc) is 2.85. The second-order valence-corrected chi connectivity index (χ2v) is 5.19. The maximum atomic E-state index is 10.4. The Morgan fingerprint density at radius 1 is 1.28 bits per heavy atom. The Morgan fingerprint density at radius 2 is 2.17 bits per heavy atom. The Kier molecular flexibility index (Phi) is 3.14. The minimum atomic E-state index is -0.547. The molecular weight excluding hydrogens is 230 g/mol. The maximum Gasteiger partial charge on any atom is 0.231 e. The molecule has 1 aromatic carbocycles. The lowest BCUT2D eigenvalue weighted by atomic mass is 9.88. The van der Waals surface area contributed by atoms with Crippen molar-refractivity contribution in [2.75, 3.05) is 19.9 Å². The molecular formula is C14H19NO3. The zero-order valence-corrected chi connectivity index (χ0v) is 10.4. The molecule has 0 spiro atoms. The number of fused-ring (bicyclic) bond motifs is 1. The lowest BCUT2D eigenvalue weighted by Crippen LogP contribution is -2.45. The second-order valence-electron chi connectivity index (χ2n) is 5.19. The van der Waals surface area contributed by atoms with E-state index < -0.39 is 5.60 Å². The molecule has 0 radical (unpaired) electrons. The van der Waals surface area contributed by atoms with Crippen molar-refractivity contribution < 1.29 is 14.6 Å². The molecule has 2 aliphatic heterocycles. The smallest absolute Gasteiger partial charge is 0.231 e. The van der Waals surface area contributed by atoms with Crippen LogP contribution >= 0.6 is 0 Å². The van der Waals surface area contributed by atoms with E-state index >= 15 is 0 Å². The van der Waals surface area contributed by atoms with Crippen molar-refractivity contribution >= 4 is 0 Å².